The number of carbonyl (C=O) groups is 2. The molecule has 13 nitrogen and oxygen atoms in total. The van der Waals surface area contributed by atoms with Gasteiger partial charge in [0.15, 0.2) is 23.1 Å². The van der Waals surface area contributed by atoms with Crippen LogP contribution in [0.2, 0.25) is 0 Å². The third-order valence-corrected chi connectivity index (χ3v) is 10.5. The van der Waals surface area contributed by atoms with Crippen molar-refractivity contribution >= 4 is 45.2 Å². The third-order valence-electron chi connectivity index (χ3n) is 9.73. The van der Waals surface area contributed by atoms with Crippen LogP contribution < -0.4 is 26.4 Å². The number of aromatic nitrogens is 5. The van der Waals surface area contributed by atoms with Crippen molar-refractivity contribution in [2.45, 2.75) is 44.3 Å². The molecule has 256 valence electrons. The number of para-hydroxylation sites is 1. The van der Waals surface area contributed by atoms with E-state index in [0.717, 1.165) is 4.57 Å². The topological polar surface area (TPSA) is 157 Å². The van der Waals surface area contributed by atoms with Gasteiger partial charge in [-0.15, -0.1) is 6.58 Å². The molecule has 2 aromatic carbocycles. The molecule has 2 atom stereocenters. The van der Waals surface area contributed by atoms with Gasteiger partial charge in [0, 0.05) is 67.3 Å². The van der Waals surface area contributed by atoms with Crippen molar-refractivity contribution in [3.05, 3.63) is 124 Å². The fraction of sp³-hybridized carbons (Fsp3) is 0.278. The second-order valence-electron chi connectivity index (χ2n) is 12.3. The minimum absolute atomic E-state index is 0.0111. The minimum Gasteiger partial charge on any atom is -0.507 e. The van der Waals surface area contributed by atoms with Crippen LogP contribution in [-0.4, -0.2) is 54.4 Å². The summed E-state index contributed by atoms with van der Waals surface area (Å²) in [4.78, 5) is 72.9. The van der Waals surface area contributed by atoms with E-state index >= 15 is 0 Å². The van der Waals surface area contributed by atoms with Crippen LogP contribution in [0.3, 0.4) is 0 Å². The van der Waals surface area contributed by atoms with Crippen molar-refractivity contribution in [1.29, 1.82) is 0 Å². The van der Waals surface area contributed by atoms with Gasteiger partial charge in [0.25, 0.3) is 5.56 Å². The van der Waals surface area contributed by atoms with Gasteiger partial charge < -0.3 is 19.1 Å². The predicted molar refractivity (Wildman–Crippen MR) is 192 cm³/mol. The van der Waals surface area contributed by atoms with Gasteiger partial charge in [0.1, 0.15) is 11.4 Å². The summed E-state index contributed by atoms with van der Waals surface area (Å²) in [6, 6.07) is 7.77. The molecule has 3 heterocycles. The number of allylic oxidation sites excluding steroid dienone is 7. The lowest BCUT2D eigenvalue weighted by Crippen LogP contribution is -2.40. The number of Topliss-reactive ketones (excluding diaryl/α,β-unsaturated/α-hetero) is 1. The Bertz CT molecular complexity index is 2460. The fourth-order valence-electron chi connectivity index (χ4n) is 7.32. The summed E-state index contributed by atoms with van der Waals surface area (Å²) in [6.07, 6.45) is 5.12. The van der Waals surface area contributed by atoms with Crippen LogP contribution in [0.1, 0.15) is 35.2 Å². The zero-order valence-corrected chi connectivity index (χ0v) is 29.6. The van der Waals surface area contributed by atoms with E-state index in [2.05, 4.69) is 11.6 Å². The quantitative estimate of drug-likeness (QED) is 0.161. The number of nitrogens with zero attached hydrogens (tertiary/aromatic N) is 5. The van der Waals surface area contributed by atoms with Crippen LogP contribution in [0.4, 0.5) is 0 Å². The number of aromatic hydroxyl groups is 1. The molecule has 2 unspecified atom stereocenters. The van der Waals surface area contributed by atoms with Gasteiger partial charge in [-0.1, -0.05) is 30.4 Å². The van der Waals surface area contributed by atoms with E-state index in [9.17, 15) is 29.1 Å². The van der Waals surface area contributed by atoms with Crippen LogP contribution >= 0.6 is 22.6 Å². The van der Waals surface area contributed by atoms with Crippen molar-refractivity contribution in [3.63, 3.8) is 0 Å². The lowest BCUT2D eigenvalue weighted by Gasteiger charge is -2.39. The number of hydrogen-bond donors (Lipinski definition) is 1. The molecule has 0 saturated heterocycles. The first-order valence-electron chi connectivity index (χ1n) is 15.8. The Labute approximate surface area is 298 Å². The first-order valence-corrected chi connectivity index (χ1v) is 16.9. The van der Waals surface area contributed by atoms with Gasteiger partial charge in [-0.25, -0.2) is 28.5 Å². The largest absolute Gasteiger partial charge is 0.507 e. The van der Waals surface area contributed by atoms with Crippen LogP contribution in [0.15, 0.2) is 89.8 Å². The number of aryl methyl sites for hydroxylation is 2. The van der Waals surface area contributed by atoms with Crippen molar-refractivity contribution in [2.24, 2.45) is 7.05 Å². The predicted octanol–water partition coefficient (Wildman–Crippen LogP) is 3.19. The summed E-state index contributed by atoms with van der Waals surface area (Å²) in [5.41, 5.74) is 1.73. The summed E-state index contributed by atoms with van der Waals surface area (Å²) in [5, 5.41) is 11.4. The highest BCUT2D eigenvalue weighted by Gasteiger charge is 2.46. The monoisotopic (exact) mass is 789 g/mol. The highest BCUT2D eigenvalue weighted by atomic mass is 127. The molecular weight excluding hydrogens is 757 g/mol. The van der Waals surface area contributed by atoms with E-state index < -0.39 is 23.3 Å². The number of methoxy groups -OCH3 is 2. The normalized spacial score (nSPS) is 18.3. The Morgan fingerprint density at radius 2 is 1.82 bits per heavy atom. The molecule has 1 N–H and O–H groups in total. The van der Waals surface area contributed by atoms with Gasteiger partial charge in [-0.05, 0) is 40.1 Å². The molecule has 2 aromatic heterocycles. The molecule has 3 aliphatic rings. The number of hydrogen-bond acceptors (Lipinski definition) is 9. The van der Waals surface area contributed by atoms with Gasteiger partial charge in [0.2, 0.25) is 0 Å². The molecular formula is C36H32IN5O8. The number of halogens is 1. The second kappa shape index (κ2) is 12.6. The van der Waals surface area contributed by atoms with Gasteiger partial charge in [-0.2, -0.15) is 0 Å². The maximum Gasteiger partial charge on any atom is 0.347 e. The SMILES string of the molecule is C=CCc1cccc(C2C3=CCn4c(=O)n(CCc5nc6cc(OC)c(OC)cc6n(C)c5=O)c(=O)n4C3CC3=C2C(=O)C(I)=CC3=O)c1O. The summed E-state index contributed by atoms with van der Waals surface area (Å²) < 4.78 is 16.2. The lowest BCUT2D eigenvalue weighted by molar-refractivity contribution is -0.115. The molecule has 4 aromatic rings. The van der Waals surface area contributed by atoms with E-state index in [1.54, 1.807) is 49.5 Å². The number of phenolic OH excluding ortho intramolecular Hbond substituents is 1. The number of rotatable bonds is 8. The maximum atomic E-state index is 14.1. The first-order chi connectivity index (χ1) is 24.0. The average molecular weight is 790 g/mol. The Kier molecular flexibility index (Phi) is 8.36. The van der Waals surface area contributed by atoms with Gasteiger partial charge >= 0.3 is 11.4 Å². The summed E-state index contributed by atoms with van der Waals surface area (Å²) in [6.45, 7) is 3.66. The standard InChI is InChI=1S/C36H32IN5O8/c1-5-7-18-8-6-9-20(32(18)44)30-19-10-13-41-35(47)40(36(48)42(41)25(19)14-21-27(43)15-22(37)33(45)31(21)30)12-11-23-34(46)39(2)26-17-29(50-4)28(49-3)16-24(26)38-23/h5-6,8-10,15-17,25,30,44H,1,7,11-14H2,2-4H3. The molecule has 14 heteroatoms. The number of carbonyl (C=O) groups excluding carboxylic acids is 2. The number of benzene rings is 2. The van der Waals surface area contributed by atoms with Crippen molar-refractivity contribution in [3.8, 4) is 17.2 Å². The molecule has 0 spiro atoms. The summed E-state index contributed by atoms with van der Waals surface area (Å²) >= 11 is 1.85. The fourth-order valence-corrected chi connectivity index (χ4v) is 7.89. The zero-order valence-electron chi connectivity index (χ0n) is 27.4. The van der Waals surface area contributed by atoms with E-state index in [1.165, 1.54) is 34.2 Å². The molecule has 0 saturated carbocycles. The van der Waals surface area contributed by atoms with Crippen molar-refractivity contribution in [2.75, 3.05) is 14.2 Å². The van der Waals surface area contributed by atoms with Crippen LogP contribution in [0, 0.1) is 0 Å². The molecule has 7 rings (SSSR count). The van der Waals surface area contributed by atoms with Gasteiger partial charge in [-0.3, -0.25) is 14.4 Å². The van der Waals surface area contributed by atoms with Gasteiger partial charge in [0.05, 0.1) is 41.4 Å². The summed E-state index contributed by atoms with van der Waals surface area (Å²) in [5.74, 6) is -0.648. The van der Waals surface area contributed by atoms with Crippen LogP contribution in [0.25, 0.3) is 11.0 Å². The number of ether oxygens (including phenoxy) is 2. The Hall–Kier alpha value is -5.25. The lowest BCUT2D eigenvalue weighted by atomic mass is 9.68. The third kappa shape index (κ3) is 5.03. The van der Waals surface area contributed by atoms with Crippen LogP contribution in [0.5, 0.6) is 17.2 Å². The molecule has 0 radical (unpaired) electrons. The molecule has 1 aliphatic heterocycles. The highest BCUT2D eigenvalue weighted by Crippen LogP contribution is 2.52. The maximum absolute atomic E-state index is 14.1. The summed E-state index contributed by atoms with van der Waals surface area (Å²) in [7, 11) is 4.60. The molecule has 2 aliphatic carbocycles. The smallest absolute Gasteiger partial charge is 0.347 e. The van der Waals surface area contributed by atoms with Crippen molar-refractivity contribution in [1.82, 2.24) is 23.5 Å². The first kappa shape index (κ1) is 33.3. The minimum atomic E-state index is -0.831. The molecule has 50 heavy (non-hydrogen) atoms. The van der Waals surface area contributed by atoms with Crippen LogP contribution in [-0.2, 0) is 42.6 Å². The molecule has 0 amide bonds. The Balaban J connectivity index is 1.30. The second-order valence-corrected chi connectivity index (χ2v) is 13.5. The Morgan fingerprint density at radius 3 is 2.54 bits per heavy atom. The van der Waals surface area contributed by atoms with Crippen molar-refractivity contribution < 1.29 is 24.2 Å². The van der Waals surface area contributed by atoms with E-state index in [4.69, 9.17) is 9.47 Å². The number of fused-ring (bicyclic) bond motifs is 4. The number of ketones is 2. The highest BCUT2D eigenvalue weighted by molar-refractivity contribution is 14.1. The zero-order chi connectivity index (χ0) is 35.6. The average Bonchev–Trinajstić information content (AvgIpc) is 3.36. The van der Waals surface area contributed by atoms with E-state index in [1.807, 2.05) is 22.6 Å². The van der Waals surface area contributed by atoms with E-state index in [0.29, 0.717) is 45.7 Å². The molecule has 0 fully saturated rings. The van der Waals surface area contributed by atoms with E-state index in [-0.39, 0.29) is 69.2 Å². The Morgan fingerprint density at radius 1 is 1.08 bits per heavy atom. The number of phenols is 1. The molecule has 0 bridgehead atoms.